The minimum atomic E-state index is 0.949. The van der Waals surface area contributed by atoms with Crippen LogP contribution in [0, 0.1) is 0 Å². The third-order valence-electron chi connectivity index (χ3n) is 1.54. The third-order valence-corrected chi connectivity index (χ3v) is 2.86. The topological polar surface area (TPSA) is 12.0 Å². The second-order valence-corrected chi connectivity index (χ2v) is 4.39. The fraction of sp³-hybridized carbons (Fsp3) is 0.333. The van der Waals surface area contributed by atoms with Crippen LogP contribution in [-0.2, 0) is 6.54 Å². The van der Waals surface area contributed by atoms with Crippen LogP contribution in [0.3, 0.4) is 0 Å². The summed E-state index contributed by atoms with van der Waals surface area (Å²) in [4.78, 5) is 0. The van der Waals surface area contributed by atoms with Gasteiger partial charge in [0.2, 0.25) is 0 Å². The van der Waals surface area contributed by atoms with Gasteiger partial charge in [-0.3, -0.25) is 0 Å². The maximum atomic E-state index is 3.51. The maximum Gasteiger partial charge on any atom is 0.0220 e. The molecule has 1 aromatic carbocycles. The largest absolute Gasteiger partial charge is 0.312 e. The first-order valence-electron chi connectivity index (χ1n) is 3.84. The van der Waals surface area contributed by atoms with Gasteiger partial charge >= 0.3 is 0 Å². The molecule has 0 saturated heterocycles. The Labute approximate surface area is 95.2 Å². The normalized spacial score (nSPS) is 10.2. The molecule has 0 aromatic heterocycles. The molecule has 0 amide bonds. The van der Waals surface area contributed by atoms with Gasteiger partial charge in [-0.15, -0.1) is 0 Å². The Morgan fingerprint density at radius 2 is 2.08 bits per heavy atom. The standard InChI is InChI=1S/C9H11BrIN/c10-9-4-2-1-3-8(9)7-12-6-5-11/h1-4,12H,5-7H2. The van der Waals surface area contributed by atoms with Crippen LogP contribution >= 0.6 is 38.5 Å². The Kier molecular flexibility index (Phi) is 5.18. The zero-order chi connectivity index (χ0) is 8.81. The summed E-state index contributed by atoms with van der Waals surface area (Å²) < 4.78 is 2.34. The lowest BCUT2D eigenvalue weighted by molar-refractivity contribution is 0.734. The van der Waals surface area contributed by atoms with Crippen LogP contribution in [0.1, 0.15) is 5.56 Å². The molecule has 0 heterocycles. The smallest absolute Gasteiger partial charge is 0.0220 e. The Hall–Kier alpha value is 0.390. The number of benzene rings is 1. The first-order chi connectivity index (χ1) is 5.84. The highest BCUT2D eigenvalue weighted by Gasteiger charge is 1.95. The number of nitrogens with one attached hydrogen (secondary N) is 1. The van der Waals surface area contributed by atoms with Gasteiger partial charge in [-0.05, 0) is 11.6 Å². The van der Waals surface area contributed by atoms with Gasteiger partial charge in [0.05, 0.1) is 0 Å². The van der Waals surface area contributed by atoms with Crippen LogP contribution in [0.5, 0.6) is 0 Å². The second kappa shape index (κ2) is 5.94. The molecule has 0 aliphatic rings. The van der Waals surface area contributed by atoms with E-state index in [1.165, 1.54) is 10.0 Å². The monoisotopic (exact) mass is 339 g/mol. The molecule has 12 heavy (non-hydrogen) atoms. The molecule has 66 valence electrons. The number of hydrogen-bond donors (Lipinski definition) is 1. The quantitative estimate of drug-likeness (QED) is 0.505. The molecule has 1 aromatic rings. The van der Waals surface area contributed by atoms with Crippen molar-refractivity contribution >= 4 is 38.5 Å². The van der Waals surface area contributed by atoms with E-state index < -0.39 is 0 Å². The van der Waals surface area contributed by atoms with E-state index in [-0.39, 0.29) is 0 Å². The first kappa shape index (κ1) is 10.5. The van der Waals surface area contributed by atoms with Crippen LogP contribution in [0.4, 0.5) is 0 Å². The van der Waals surface area contributed by atoms with E-state index in [2.05, 4.69) is 62.0 Å². The summed E-state index contributed by atoms with van der Waals surface area (Å²) in [6, 6.07) is 8.29. The van der Waals surface area contributed by atoms with Gasteiger partial charge in [0.15, 0.2) is 0 Å². The molecule has 0 unspecified atom stereocenters. The molecule has 0 bridgehead atoms. The van der Waals surface area contributed by atoms with E-state index in [0.29, 0.717) is 0 Å². The van der Waals surface area contributed by atoms with Crippen molar-refractivity contribution in [1.29, 1.82) is 0 Å². The number of rotatable bonds is 4. The Bertz CT molecular complexity index is 240. The Morgan fingerprint density at radius 1 is 1.33 bits per heavy atom. The molecule has 0 aliphatic carbocycles. The highest BCUT2D eigenvalue weighted by atomic mass is 127. The predicted molar refractivity (Wildman–Crippen MR) is 64.7 cm³/mol. The summed E-state index contributed by atoms with van der Waals surface area (Å²) >= 11 is 5.87. The molecule has 1 nitrogen and oxygen atoms in total. The third kappa shape index (κ3) is 3.41. The fourth-order valence-corrected chi connectivity index (χ4v) is 1.74. The van der Waals surface area contributed by atoms with E-state index in [0.717, 1.165) is 17.5 Å². The Balaban J connectivity index is 2.46. The molecule has 0 atom stereocenters. The second-order valence-electron chi connectivity index (χ2n) is 2.46. The lowest BCUT2D eigenvalue weighted by Crippen LogP contribution is -2.15. The highest BCUT2D eigenvalue weighted by Crippen LogP contribution is 2.14. The van der Waals surface area contributed by atoms with Crippen LogP contribution in [0.2, 0.25) is 0 Å². The molecule has 0 spiro atoms. The van der Waals surface area contributed by atoms with Gasteiger partial charge < -0.3 is 5.32 Å². The first-order valence-corrected chi connectivity index (χ1v) is 6.16. The summed E-state index contributed by atoms with van der Waals surface area (Å²) in [5.41, 5.74) is 1.32. The molecular formula is C9H11BrIN. The van der Waals surface area contributed by atoms with Gasteiger partial charge in [-0.1, -0.05) is 56.7 Å². The molecule has 1 rings (SSSR count). The van der Waals surface area contributed by atoms with Gasteiger partial charge in [0.1, 0.15) is 0 Å². The average Bonchev–Trinajstić information content (AvgIpc) is 2.09. The average molecular weight is 340 g/mol. The summed E-state index contributed by atoms with van der Waals surface area (Å²) in [5.74, 6) is 0. The number of halogens is 2. The lowest BCUT2D eigenvalue weighted by atomic mass is 10.2. The van der Waals surface area contributed by atoms with Gasteiger partial charge in [-0.25, -0.2) is 0 Å². The maximum absolute atomic E-state index is 3.51. The van der Waals surface area contributed by atoms with Gasteiger partial charge in [0, 0.05) is 22.0 Å². The summed E-state index contributed by atoms with van der Waals surface area (Å²) in [6.07, 6.45) is 0. The summed E-state index contributed by atoms with van der Waals surface area (Å²) in [7, 11) is 0. The zero-order valence-corrected chi connectivity index (χ0v) is 10.4. The van der Waals surface area contributed by atoms with Crippen molar-refractivity contribution in [2.24, 2.45) is 0 Å². The van der Waals surface area contributed by atoms with Gasteiger partial charge in [-0.2, -0.15) is 0 Å². The predicted octanol–water partition coefficient (Wildman–Crippen LogP) is 2.97. The van der Waals surface area contributed by atoms with Crippen LogP contribution < -0.4 is 5.32 Å². The van der Waals surface area contributed by atoms with Crippen LogP contribution in [0.15, 0.2) is 28.7 Å². The molecular weight excluding hydrogens is 329 g/mol. The van der Waals surface area contributed by atoms with Crippen molar-refractivity contribution in [2.75, 3.05) is 11.0 Å². The SMILES string of the molecule is Brc1ccccc1CNCCI. The number of hydrogen-bond acceptors (Lipinski definition) is 1. The van der Waals surface area contributed by atoms with Crippen LogP contribution in [0.25, 0.3) is 0 Å². The summed E-state index contributed by atoms with van der Waals surface area (Å²) in [5, 5.41) is 3.35. The highest BCUT2D eigenvalue weighted by molar-refractivity contribution is 14.1. The molecule has 0 radical (unpaired) electrons. The minimum Gasteiger partial charge on any atom is -0.312 e. The summed E-state index contributed by atoms with van der Waals surface area (Å²) in [6.45, 7) is 2.02. The van der Waals surface area contributed by atoms with Crippen molar-refractivity contribution in [2.45, 2.75) is 6.54 Å². The van der Waals surface area contributed by atoms with E-state index in [1.54, 1.807) is 0 Å². The Morgan fingerprint density at radius 3 is 2.75 bits per heavy atom. The van der Waals surface area contributed by atoms with Crippen molar-refractivity contribution in [3.05, 3.63) is 34.3 Å². The minimum absolute atomic E-state index is 0.949. The number of alkyl halides is 1. The van der Waals surface area contributed by atoms with E-state index in [1.807, 2.05) is 6.07 Å². The van der Waals surface area contributed by atoms with Crippen molar-refractivity contribution in [1.82, 2.24) is 5.32 Å². The van der Waals surface area contributed by atoms with Crippen molar-refractivity contribution in [3.8, 4) is 0 Å². The van der Waals surface area contributed by atoms with Crippen molar-refractivity contribution in [3.63, 3.8) is 0 Å². The van der Waals surface area contributed by atoms with Crippen LogP contribution in [-0.4, -0.2) is 11.0 Å². The molecule has 3 heteroatoms. The van der Waals surface area contributed by atoms with E-state index in [9.17, 15) is 0 Å². The van der Waals surface area contributed by atoms with Gasteiger partial charge in [0.25, 0.3) is 0 Å². The van der Waals surface area contributed by atoms with E-state index in [4.69, 9.17) is 0 Å². The molecule has 0 saturated carbocycles. The van der Waals surface area contributed by atoms with Crippen molar-refractivity contribution < 1.29 is 0 Å². The van der Waals surface area contributed by atoms with E-state index >= 15 is 0 Å². The fourth-order valence-electron chi connectivity index (χ4n) is 0.932. The molecule has 1 N–H and O–H groups in total. The lowest BCUT2D eigenvalue weighted by Gasteiger charge is -2.04. The molecule has 0 fully saturated rings. The molecule has 0 aliphatic heterocycles. The zero-order valence-electron chi connectivity index (χ0n) is 6.69.